The zero-order chi connectivity index (χ0) is 23.5. The van der Waals surface area contributed by atoms with Gasteiger partial charge in [-0.15, -0.1) is 0 Å². The first-order chi connectivity index (χ1) is 15.9. The zero-order valence-electron chi connectivity index (χ0n) is 18.0. The molecule has 0 radical (unpaired) electrons. The minimum Gasteiger partial charge on any atom is -0.495 e. The highest BCUT2D eigenvalue weighted by atomic mass is 35.5. The largest absolute Gasteiger partial charge is 0.495 e. The summed E-state index contributed by atoms with van der Waals surface area (Å²) >= 11 is 13.1. The molecule has 1 saturated heterocycles. The molecule has 9 nitrogen and oxygen atoms in total. The molecule has 33 heavy (non-hydrogen) atoms. The van der Waals surface area contributed by atoms with Crippen molar-refractivity contribution in [2.45, 2.75) is 12.1 Å². The molecule has 4 rings (SSSR count). The molecule has 3 N–H and O–H groups in total. The van der Waals surface area contributed by atoms with Crippen molar-refractivity contribution in [3.05, 3.63) is 47.2 Å². The summed E-state index contributed by atoms with van der Waals surface area (Å²) in [7, 11) is 3.04. The Hall–Kier alpha value is -3.14. The van der Waals surface area contributed by atoms with Crippen molar-refractivity contribution >= 4 is 46.1 Å². The minimum absolute atomic E-state index is 0.0764. The molecular formula is C22H22Cl2N6O3. The van der Waals surface area contributed by atoms with Crippen molar-refractivity contribution in [1.29, 1.82) is 0 Å². The lowest BCUT2D eigenvalue weighted by Crippen LogP contribution is -2.45. The summed E-state index contributed by atoms with van der Waals surface area (Å²) in [6.45, 7) is 4.78. The van der Waals surface area contributed by atoms with Gasteiger partial charge in [-0.3, -0.25) is 4.79 Å². The molecule has 0 unspecified atom stereocenters. The van der Waals surface area contributed by atoms with Crippen LogP contribution >= 0.6 is 23.2 Å². The number of hydrogen-bond acceptors (Lipinski definition) is 8. The second-order valence-electron chi connectivity index (χ2n) is 7.34. The Kier molecular flexibility index (Phi) is 6.83. The molecule has 1 amide bonds. The third-order valence-electron chi connectivity index (χ3n) is 5.34. The summed E-state index contributed by atoms with van der Waals surface area (Å²) in [4.78, 5) is 25.1. The van der Waals surface area contributed by atoms with Gasteiger partial charge in [-0.05, 0) is 12.1 Å². The molecule has 2 atom stereocenters. The standard InChI is InChI=1S/C22H22Cl2N6O3/c1-4-17(31)28-13-9-25-10-14(13)29-22-27-8-12-5-11(7-26-21(12)30-22)18-19(23)15(32-2)6-16(33-3)20(18)24/h4-8,13-14,25H,1,9-10H2,2-3H3,(H,28,31)(H,26,27,29,30)/t13-,14+/m0/s1. The average Bonchev–Trinajstić information content (AvgIpc) is 3.25. The number of ether oxygens (including phenoxy) is 2. The van der Waals surface area contributed by atoms with E-state index in [1.807, 2.05) is 6.07 Å². The maximum atomic E-state index is 11.7. The summed E-state index contributed by atoms with van der Waals surface area (Å²) in [5.74, 6) is 1.06. The monoisotopic (exact) mass is 488 g/mol. The molecule has 1 fully saturated rings. The van der Waals surface area contributed by atoms with Gasteiger partial charge in [0.1, 0.15) is 11.5 Å². The second-order valence-corrected chi connectivity index (χ2v) is 8.10. The van der Waals surface area contributed by atoms with Gasteiger partial charge in [0.2, 0.25) is 11.9 Å². The van der Waals surface area contributed by atoms with E-state index in [0.717, 1.165) is 0 Å². The average molecular weight is 489 g/mol. The zero-order valence-corrected chi connectivity index (χ0v) is 19.5. The smallest absolute Gasteiger partial charge is 0.243 e. The third kappa shape index (κ3) is 4.66. The van der Waals surface area contributed by atoms with Crippen LogP contribution in [0.2, 0.25) is 10.0 Å². The molecule has 0 saturated carbocycles. The van der Waals surface area contributed by atoms with Gasteiger partial charge in [0.15, 0.2) is 5.65 Å². The van der Waals surface area contributed by atoms with Gasteiger partial charge in [-0.2, -0.15) is 4.98 Å². The van der Waals surface area contributed by atoms with Crippen LogP contribution in [0.15, 0.2) is 37.2 Å². The number of hydrogen-bond donors (Lipinski definition) is 3. The van der Waals surface area contributed by atoms with Gasteiger partial charge >= 0.3 is 0 Å². The first-order valence-corrected chi connectivity index (χ1v) is 10.8. The van der Waals surface area contributed by atoms with Gasteiger partial charge in [0, 0.05) is 48.1 Å². The van der Waals surface area contributed by atoms with E-state index in [4.69, 9.17) is 32.7 Å². The number of carbonyl (C=O) groups is 1. The Morgan fingerprint density at radius 1 is 1.12 bits per heavy atom. The normalized spacial score (nSPS) is 17.6. The molecule has 2 aromatic heterocycles. The Morgan fingerprint density at radius 2 is 1.82 bits per heavy atom. The number of anilines is 1. The van der Waals surface area contributed by atoms with Crippen LogP contribution in [-0.4, -0.2) is 60.3 Å². The van der Waals surface area contributed by atoms with Crippen LogP contribution in [0.5, 0.6) is 11.5 Å². The first kappa shape index (κ1) is 23.0. The van der Waals surface area contributed by atoms with E-state index < -0.39 is 0 Å². The van der Waals surface area contributed by atoms with Crippen molar-refractivity contribution < 1.29 is 14.3 Å². The maximum Gasteiger partial charge on any atom is 0.243 e. The molecule has 0 spiro atoms. The van der Waals surface area contributed by atoms with Crippen molar-refractivity contribution in [2.24, 2.45) is 0 Å². The summed E-state index contributed by atoms with van der Waals surface area (Å²) < 4.78 is 10.7. The third-order valence-corrected chi connectivity index (χ3v) is 6.09. The van der Waals surface area contributed by atoms with Crippen LogP contribution in [0.3, 0.4) is 0 Å². The lowest BCUT2D eigenvalue weighted by Gasteiger charge is -2.20. The quantitative estimate of drug-likeness (QED) is 0.435. The number of methoxy groups -OCH3 is 2. The van der Waals surface area contributed by atoms with Crippen molar-refractivity contribution in [3.63, 3.8) is 0 Å². The molecular weight excluding hydrogens is 467 g/mol. The fourth-order valence-electron chi connectivity index (χ4n) is 3.66. The minimum atomic E-state index is -0.226. The lowest BCUT2D eigenvalue weighted by molar-refractivity contribution is -0.117. The number of fused-ring (bicyclic) bond motifs is 1. The summed E-state index contributed by atoms with van der Waals surface area (Å²) in [5, 5.41) is 10.8. The number of rotatable bonds is 7. The highest BCUT2D eigenvalue weighted by molar-refractivity contribution is 6.41. The number of carbonyl (C=O) groups excluding carboxylic acids is 1. The number of benzene rings is 1. The molecule has 0 bridgehead atoms. The SMILES string of the molecule is C=CC(=O)N[C@H]1CNC[C@H]1Nc1ncc2cc(-c3c(Cl)c(OC)cc(OC)c3Cl)cnc2n1. The predicted octanol–water partition coefficient (Wildman–Crippen LogP) is 3.07. The van der Waals surface area contributed by atoms with Crippen molar-refractivity contribution in [3.8, 4) is 22.6 Å². The molecule has 1 aliphatic rings. The van der Waals surface area contributed by atoms with Crippen molar-refractivity contribution in [1.82, 2.24) is 25.6 Å². The summed E-state index contributed by atoms with van der Waals surface area (Å²) in [5.41, 5.74) is 1.71. The lowest BCUT2D eigenvalue weighted by atomic mass is 10.1. The molecule has 11 heteroatoms. The maximum absolute atomic E-state index is 11.7. The van der Waals surface area contributed by atoms with Gasteiger partial charge in [-0.25, -0.2) is 9.97 Å². The van der Waals surface area contributed by atoms with E-state index in [-0.39, 0.29) is 18.0 Å². The number of amides is 1. The van der Waals surface area contributed by atoms with Crippen LogP contribution in [0, 0.1) is 0 Å². The Bertz CT molecular complexity index is 1190. The van der Waals surface area contributed by atoms with E-state index in [1.165, 1.54) is 20.3 Å². The van der Waals surface area contributed by atoms with Gasteiger partial charge in [0.05, 0.1) is 36.3 Å². The molecule has 1 aliphatic heterocycles. The molecule has 3 heterocycles. The predicted molar refractivity (Wildman–Crippen MR) is 128 cm³/mol. The first-order valence-electron chi connectivity index (χ1n) is 10.1. The number of pyridine rings is 1. The molecule has 172 valence electrons. The van der Waals surface area contributed by atoms with E-state index in [9.17, 15) is 4.79 Å². The summed E-state index contributed by atoms with van der Waals surface area (Å²) in [6, 6.07) is 3.29. The van der Waals surface area contributed by atoms with Crippen LogP contribution in [-0.2, 0) is 4.79 Å². The van der Waals surface area contributed by atoms with Crippen LogP contribution in [0.25, 0.3) is 22.2 Å². The van der Waals surface area contributed by atoms with E-state index in [0.29, 0.717) is 62.7 Å². The van der Waals surface area contributed by atoms with E-state index >= 15 is 0 Å². The Morgan fingerprint density at radius 3 is 2.48 bits per heavy atom. The number of nitrogens with one attached hydrogen (secondary N) is 3. The van der Waals surface area contributed by atoms with E-state index in [2.05, 4.69) is 37.5 Å². The second kappa shape index (κ2) is 9.78. The Labute approximate surface area is 200 Å². The van der Waals surface area contributed by atoms with E-state index in [1.54, 1.807) is 18.5 Å². The number of halogens is 2. The fourth-order valence-corrected chi connectivity index (χ4v) is 4.38. The highest BCUT2D eigenvalue weighted by Gasteiger charge is 2.28. The molecule has 1 aromatic carbocycles. The molecule has 0 aliphatic carbocycles. The highest BCUT2D eigenvalue weighted by Crippen LogP contribution is 2.46. The number of aromatic nitrogens is 3. The number of nitrogens with zero attached hydrogens (tertiary/aromatic N) is 3. The van der Waals surface area contributed by atoms with Gasteiger partial charge in [-0.1, -0.05) is 29.8 Å². The van der Waals surface area contributed by atoms with Gasteiger partial charge < -0.3 is 25.4 Å². The summed E-state index contributed by atoms with van der Waals surface area (Å²) in [6.07, 6.45) is 4.55. The topological polar surface area (TPSA) is 110 Å². The van der Waals surface area contributed by atoms with Crippen LogP contribution < -0.4 is 25.4 Å². The van der Waals surface area contributed by atoms with Crippen LogP contribution in [0.4, 0.5) is 5.95 Å². The fraction of sp³-hybridized carbons (Fsp3) is 0.273. The Balaban J connectivity index is 1.63. The van der Waals surface area contributed by atoms with Gasteiger partial charge in [0.25, 0.3) is 0 Å². The molecule has 3 aromatic rings. The van der Waals surface area contributed by atoms with Crippen molar-refractivity contribution in [2.75, 3.05) is 32.6 Å². The van der Waals surface area contributed by atoms with Crippen LogP contribution in [0.1, 0.15) is 0 Å².